The molecular weight excluding hydrogens is 105 g/mol. The largest absolute Gasteiger partial charge is 0.560 e. The van der Waals surface area contributed by atoms with E-state index in [1.54, 1.807) is 0 Å². The molecule has 0 saturated carbocycles. The van der Waals surface area contributed by atoms with Crippen LogP contribution >= 0.6 is 0 Å². The van der Waals surface area contributed by atoms with Crippen molar-refractivity contribution >= 4 is 20.2 Å². The number of carbonyl (C=O) groups is 1. The molecule has 4 heteroatoms. The first-order valence-electron chi connectivity index (χ1n) is 2.28. The van der Waals surface area contributed by atoms with Crippen LogP contribution in [0.5, 0.6) is 0 Å². The SMILES string of the molecule is BOC=NCC(C)=O. The quantitative estimate of drug-likeness (QED) is 0.272. The van der Waals surface area contributed by atoms with Gasteiger partial charge in [-0.3, -0.25) is 9.79 Å². The molecule has 8 heavy (non-hydrogen) atoms. The molecule has 0 aliphatic rings. The first-order valence-corrected chi connectivity index (χ1v) is 2.28. The van der Waals surface area contributed by atoms with Crippen LogP contribution in [-0.2, 0) is 9.45 Å². The average Bonchev–Trinajstić information content (AvgIpc) is 1.66. The molecule has 0 aromatic carbocycles. The van der Waals surface area contributed by atoms with E-state index in [2.05, 4.69) is 9.65 Å². The van der Waals surface area contributed by atoms with E-state index in [-0.39, 0.29) is 12.3 Å². The van der Waals surface area contributed by atoms with Crippen molar-refractivity contribution in [3.8, 4) is 0 Å². The van der Waals surface area contributed by atoms with Gasteiger partial charge in [-0.1, -0.05) is 0 Å². The molecule has 0 radical (unpaired) electrons. The Labute approximate surface area is 49.2 Å². The van der Waals surface area contributed by atoms with Gasteiger partial charge in [0.1, 0.15) is 6.54 Å². The van der Waals surface area contributed by atoms with Gasteiger partial charge in [0.15, 0.2) is 12.2 Å². The van der Waals surface area contributed by atoms with Crippen molar-refractivity contribution < 1.29 is 9.45 Å². The number of ketones is 1. The van der Waals surface area contributed by atoms with Crippen molar-refractivity contribution in [3.05, 3.63) is 0 Å². The predicted octanol–water partition coefficient (Wildman–Crippen LogP) is -0.832. The van der Waals surface area contributed by atoms with Gasteiger partial charge in [-0.05, 0) is 6.92 Å². The number of hydrogen-bond acceptors (Lipinski definition) is 3. The summed E-state index contributed by atoms with van der Waals surface area (Å²) in [6.45, 7) is 1.70. The topological polar surface area (TPSA) is 38.7 Å². The Morgan fingerprint density at radius 3 is 3.00 bits per heavy atom. The van der Waals surface area contributed by atoms with E-state index in [0.717, 1.165) is 0 Å². The first kappa shape index (κ1) is 7.20. The van der Waals surface area contributed by atoms with E-state index in [1.165, 1.54) is 21.4 Å². The molecule has 0 aromatic heterocycles. The molecule has 0 atom stereocenters. The summed E-state index contributed by atoms with van der Waals surface area (Å²) in [4.78, 5) is 13.7. The normalized spacial score (nSPS) is 9.62. The van der Waals surface area contributed by atoms with Crippen LogP contribution in [0.4, 0.5) is 0 Å². The highest BCUT2D eigenvalue weighted by Gasteiger charge is 1.83. The summed E-state index contributed by atoms with van der Waals surface area (Å²) in [6, 6.07) is 0. The van der Waals surface area contributed by atoms with Gasteiger partial charge < -0.3 is 4.65 Å². The smallest absolute Gasteiger partial charge is 0.323 e. The molecule has 3 nitrogen and oxygen atoms in total. The van der Waals surface area contributed by atoms with Gasteiger partial charge >= 0.3 is 8.05 Å². The molecule has 0 rings (SSSR count). The van der Waals surface area contributed by atoms with Gasteiger partial charge in [-0.2, -0.15) is 0 Å². The lowest BCUT2D eigenvalue weighted by atomic mass is 10.5. The Kier molecular flexibility index (Phi) is 3.93. The van der Waals surface area contributed by atoms with Gasteiger partial charge in [0, 0.05) is 0 Å². The standard InChI is InChI=1S/C4H8BNO2/c1-4(7)2-6-3-8-5/h3H,2,5H2,1H3. The summed E-state index contributed by atoms with van der Waals surface area (Å²) < 4.78 is 4.45. The number of aliphatic imine (C=N–C) groups is 1. The van der Waals surface area contributed by atoms with Crippen LogP contribution in [0.2, 0.25) is 0 Å². The lowest BCUT2D eigenvalue weighted by Gasteiger charge is -1.84. The molecule has 0 unspecified atom stereocenters. The summed E-state index contributed by atoms with van der Waals surface area (Å²) in [5, 5.41) is 0. The molecule has 0 aromatic rings. The van der Waals surface area contributed by atoms with Crippen LogP contribution in [0.3, 0.4) is 0 Å². The number of Topliss-reactive ketones (excluding diaryl/α,β-unsaturated/α-hetero) is 1. The van der Waals surface area contributed by atoms with Gasteiger partial charge in [-0.15, -0.1) is 0 Å². The zero-order valence-electron chi connectivity index (χ0n) is 5.05. The Morgan fingerprint density at radius 2 is 2.62 bits per heavy atom. The highest BCUT2D eigenvalue weighted by atomic mass is 16.4. The van der Waals surface area contributed by atoms with Gasteiger partial charge in [0.2, 0.25) is 0 Å². The van der Waals surface area contributed by atoms with Crippen molar-refractivity contribution in [2.75, 3.05) is 6.54 Å². The summed E-state index contributed by atoms with van der Waals surface area (Å²) >= 11 is 0. The number of rotatable bonds is 3. The number of hydrogen-bond donors (Lipinski definition) is 0. The fraction of sp³-hybridized carbons (Fsp3) is 0.500. The Balaban J connectivity index is 3.16. The van der Waals surface area contributed by atoms with E-state index in [0.29, 0.717) is 0 Å². The molecule has 0 aliphatic carbocycles. The lowest BCUT2D eigenvalue weighted by molar-refractivity contribution is -0.115. The minimum absolute atomic E-state index is 0.0401. The van der Waals surface area contributed by atoms with Crippen LogP contribution < -0.4 is 0 Å². The highest BCUT2D eigenvalue weighted by molar-refractivity contribution is 6.02. The highest BCUT2D eigenvalue weighted by Crippen LogP contribution is 1.69. The third-order valence-corrected chi connectivity index (χ3v) is 0.494. The minimum atomic E-state index is 0.0401. The maximum Gasteiger partial charge on any atom is 0.323 e. The second-order valence-electron chi connectivity index (χ2n) is 1.38. The minimum Gasteiger partial charge on any atom is -0.560 e. The van der Waals surface area contributed by atoms with Crippen molar-refractivity contribution in [2.45, 2.75) is 6.92 Å². The Bertz CT molecular complexity index is 102. The van der Waals surface area contributed by atoms with E-state index < -0.39 is 0 Å². The Morgan fingerprint density at radius 1 is 2.00 bits per heavy atom. The predicted molar refractivity (Wildman–Crippen MR) is 33.7 cm³/mol. The van der Waals surface area contributed by atoms with Gasteiger partial charge in [0.25, 0.3) is 0 Å². The molecule has 0 aliphatic heterocycles. The molecule has 0 amide bonds. The zero-order valence-corrected chi connectivity index (χ0v) is 5.05. The van der Waals surface area contributed by atoms with Crippen LogP contribution in [0, 0.1) is 0 Å². The van der Waals surface area contributed by atoms with Crippen molar-refractivity contribution in [1.29, 1.82) is 0 Å². The van der Waals surface area contributed by atoms with Crippen LogP contribution in [-0.4, -0.2) is 26.8 Å². The molecule has 0 N–H and O–H groups in total. The first-order chi connectivity index (χ1) is 3.77. The van der Waals surface area contributed by atoms with Crippen LogP contribution in [0.15, 0.2) is 4.99 Å². The summed E-state index contributed by atoms with van der Waals surface area (Å²) in [6.07, 6.45) is 1.25. The summed E-state index contributed by atoms with van der Waals surface area (Å²) in [5.74, 6) is 0.0401. The van der Waals surface area contributed by atoms with Gasteiger partial charge in [0.05, 0.1) is 0 Å². The molecule has 0 fully saturated rings. The molecule has 44 valence electrons. The number of carbonyl (C=O) groups excluding carboxylic acids is 1. The van der Waals surface area contributed by atoms with Crippen molar-refractivity contribution in [3.63, 3.8) is 0 Å². The molecule has 0 spiro atoms. The molecular formula is C4H8BNO2. The second-order valence-corrected chi connectivity index (χ2v) is 1.38. The summed E-state index contributed by atoms with van der Waals surface area (Å²) in [5.41, 5.74) is 0. The van der Waals surface area contributed by atoms with Crippen molar-refractivity contribution in [1.82, 2.24) is 0 Å². The molecule has 0 saturated heterocycles. The van der Waals surface area contributed by atoms with Crippen LogP contribution in [0.1, 0.15) is 6.92 Å². The van der Waals surface area contributed by atoms with E-state index in [1.807, 2.05) is 0 Å². The monoisotopic (exact) mass is 113 g/mol. The maximum absolute atomic E-state index is 10.1. The second kappa shape index (κ2) is 4.37. The maximum atomic E-state index is 10.1. The van der Waals surface area contributed by atoms with Crippen molar-refractivity contribution in [2.24, 2.45) is 4.99 Å². The van der Waals surface area contributed by atoms with E-state index >= 15 is 0 Å². The fourth-order valence-corrected chi connectivity index (χ4v) is 0.240. The average molecular weight is 113 g/mol. The van der Waals surface area contributed by atoms with Gasteiger partial charge in [-0.25, -0.2) is 0 Å². The van der Waals surface area contributed by atoms with Crippen LogP contribution in [0.25, 0.3) is 0 Å². The van der Waals surface area contributed by atoms with E-state index in [9.17, 15) is 4.79 Å². The zero-order chi connectivity index (χ0) is 6.41. The Hall–Kier alpha value is -0.795. The third kappa shape index (κ3) is 5.20. The molecule has 0 heterocycles. The third-order valence-electron chi connectivity index (χ3n) is 0.494. The van der Waals surface area contributed by atoms with E-state index in [4.69, 9.17) is 0 Å². The fourth-order valence-electron chi connectivity index (χ4n) is 0.240. The lowest BCUT2D eigenvalue weighted by Crippen LogP contribution is -1.95. The number of nitrogens with zero attached hydrogens (tertiary/aromatic N) is 1. The molecule has 0 bridgehead atoms. The summed E-state index contributed by atoms with van der Waals surface area (Å²) in [7, 11) is 1.49.